The fourth-order valence-electron chi connectivity index (χ4n) is 2.48. The molecule has 0 N–H and O–H groups in total. The topological polar surface area (TPSA) is 76.3 Å². The fraction of sp³-hybridized carbons (Fsp3) is 0.571. The van der Waals surface area contributed by atoms with Crippen LogP contribution in [0.15, 0.2) is 12.3 Å². The van der Waals surface area contributed by atoms with E-state index in [1.165, 1.54) is 6.07 Å². The highest BCUT2D eigenvalue weighted by Gasteiger charge is 2.28. The summed E-state index contributed by atoms with van der Waals surface area (Å²) in [5.74, 6) is -0.283. The van der Waals surface area contributed by atoms with E-state index in [4.69, 9.17) is 11.6 Å². The van der Waals surface area contributed by atoms with Crippen LogP contribution < -0.4 is 0 Å². The van der Waals surface area contributed by atoms with Crippen LogP contribution in [0.3, 0.4) is 0 Å². The first-order chi connectivity index (χ1) is 9.80. The molecule has 0 atom stereocenters. The van der Waals surface area contributed by atoms with E-state index in [9.17, 15) is 14.9 Å². The number of nitrogens with zero attached hydrogens (tertiary/aromatic N) is 3. The Bertz CT molecular complexity index is 575. The van der Waals surface area contributed by atoms with Crippen molar-refractivity contribution < 1.29 is 9.72 Å². The summed E-state index contributed by atoms with van der Waals surface area (Å²) < 4.78 is 0. The van der Waals surface area contributed by atoms with Gasteiger partial charge >= 0.3 is 0 Å². The van der Waals surface area contributed by atoms with E-state index in [-0.39, 0.29) is 27.7 Å². The van der Waals surface area contributed by atoms with Gasteiger partial charge in [-0.05, 0) is 24.7 Å². The molecule has 1 saturated heterocycles. The average molecular weight is 312 g/mol. The first-order valence-electron chi connectivity index (χ1n) is 6.89. The lowest BCUT2D eigenvalue weighted by Crippen LogP contribution is -2.32. The van der Waals surface area contributed by atoms with Crippen LogP contribution in [-0.2, 0) is 0 Å². The Morgan fingerprint density at radius 3 is 2.81 bits per heavy atom. The van der Waals surface area contributed by atoms with Gasteiger partial charge in [-0.15, -0.1) is 0 Å². The van der Waals surface area contributed by atoms with E-state index in [1.54, 1.807) is 4.90 Å². The maximum atomic E-state index is 12.5. The number of halogens is 1. The van der Waals surface area contributed by atoms with Crippen molar-refractivity contribution >= 4 is 23.2 Å². The van der Waals surface area contributed by atoms with E-state index in [0.29, 0.717) is 13.1 Å². The lowest BCUT2D eigenvalue weighted by atomic mass is 9.85. The average Bonchev–Trinajstić information content (AvgIpc) is 2.59. The quantitative estimate of drug-likeness (QED) is 0.477. The molecule has 1 aromatic heterocycles. The minimum atomic E-state index is -0.578. The maximum Gasteiger partial charge on any atom is 0.288 e. The van der Waals surface area contributed by atoms with Crippen molar-refractivity contribution in [3.05, 3.63) is 33.1 Å². The molecule has 6 nitrogen and oxygen atoms in total. The number of aromatic nitrogens is 1. The van der Waals surface area contributed by atoms with Gasteiger partial charge in [0.2, 0.25) is 0 Å². The molecule has 0 unspecified atom stereocenters. The first kappa shape index (κ1) is 15.7. The largest absolute Gasteiger partial charge is 0.339 e. The Kier molecular flexibility index (Phi) is 4.46. The van der Waals surface area contributed by atoms with Crippen LogP contribution in [0.4, 0.5) is 5.69 Å². The van der Waals surface area contributed by atoms with E-state index in [2.05, 4.69) is 18.8 Å². The van der Waals surface area contributed by atoms with E-state index in [1.807, 2.05) is 0 Å². The second-order valence-corrected chi connectivity index (χ2v) is 6.46. The molecule has 114 valence electrons. The molecule has 0 aliphatic carbocycles. The highest BCUT2D eigenvalue weighted by molar-refractivity contribution is 6.32. The van der Waals surface area contributed by atoms with Gasteiger partial charge in [0.1, 0.15) is 11.3 Å². The van der Waals surface area contributed by atoms with E-state index >= 15 is 0 Å². The number of hydrogen-bond acceptors (Lipinski definition) is 4. The summed E-state index contributed by atoms with van der Waals surface area (Å²) in [4.78, 5) is 28.2. The molecule has 0 saturated carbocycles. The van der Waals surface area contributed by atoms with Crippen LogP contribution >= 0.6 is 11.6 Å². The minimum Gasteiger partial charge on any atom is -0.339 e. The lowest BCUT2D eigenvalue weighted by Gasteiger charge is -2.23. The Hall–Kier alpha value is -1.69. The zero-order valence-electron chi connectivity index (χ0n) is 12.1. The summed E-state index contributed by atoms with van der Waals surface area (Å²) in [6.45, 7) is 5.64. The van der Waals surface area contributed by atoms with Crippen LogP contribution in [0.2, 0.25) is 5.15 Å². The number of rotatable bonds is 2. The monoisotopic (exact) mass is 311 g/mol. The lowest BCUT2D eigenvalue weighted by molar-refractivity contribution is -0.385. The number of pyridine rings is 1. The molecule has 21 heavy (non-hydrogen) atoms. The van der Waals surface area contributed by atoms with Gasteiger partial charge in [-0.25, -0.2) is 4.98 Å². The molecular formula is C14H18ClN3O3. The number of amides is 1. The predicted molar refractivity (Wildman–Crippen MR) is 79.4 cm³/mol. The van der Waals surface area contributed by atoms with Crippen LogP contribution in [-0.4, -0.2) is 33.8 Å². The smallest absolute Gasteiger partial charge is 0.288 e. The van der Waals surface area contributed by atoms with Gasteiger partial charge in [0.05, 0.1) is 10.5 Å². The number of carbonyl (C=O) groups is 1. The molecule has 1 aliphatic rings. The summed E-state index contributed by atoms with van der Waals surface area (Å²) in [5, 5.41) is 10.8. The highest BCUT2D eigenvalue weighted by atomic mass is 35.5. The highest BCUT2D eigenvalue weighted by Crippen LogP contribution is 2.31. The summed E-state index contributed by atoms with van der Waals surface area (Å²) in [6, 6.07) is 1.20. The van der Waals surface area contributed by atoms with Crippen LogP contribution in [0.5, 0.6) is 0 Å². The Morgan fingerprint density at radius 1 is 1.43 bits per heavy atom. The van der Waals surface area contributed by atoms with Gasteiger partial charge in [-0.2, -0.15) is 0 Å². The molecular weight excluding hydrogens is 294 g/mol. The Balaban J connectivity index is 2.23. The van der Waals surface area contributed by atoms with Crippen molar-refractivity contribution in [2.24, 2.45) is 5.41 Å². The SMILES string of the molecule is CC1(C)CCCN(C(=O)c2cc([N+](=O)[O-])cnc2Cl)CC1. The molecule has 0 spiro atoms. The van der Waals surface area contributed by atoms with Crippen molar-refractivity contribution in [2.75, 3.05) is 13.1 Å². The zero-order chi connectivity index (χ0) is 15.6. The molecule has 1 aliphatic heterocycles. The van der Waals surface area contributed by atoms with Crippen molar-refractivity contribution in [1.82, 2.24) is 9.88 Å². The molecule has 2 heterocycles. The molecule has 0 bridgehead atoms. The fourth-order valence-corrected chi connectivity index (χ4v) is 2.67. The maximum absolute atomic E-state index is 12.5. The van der Waals surface area contributed by atoms with Gasteiger partial charge in [0.25, 0.3) is 11.6 Å². The predicted octanol–water partition coefficient (Wildman–Crippen LogP) is 3.30. The van der Waals surface area contributed by atoms with Gasteiger partial charge in [-0.1, -0.05) is 25.4 Å². The Morgan fingerprint density at radius 2 is 2.14 bits per heavy atom. The van der Waals surface area contributed by atoms with Crippen molar-refractivity contribution in [3.63, 3.8) is 0 Å². The number of hydrogen-bond donors (Lipinski definition) is 0. The van der Waals surface area contributed by atoms with Gasteiger partial charge in [-0.3, -0.25) is 14.9 Å². The minimum absolute atomic E-state index is 0.00843. The summed E-state index contributed by atoms with van der Waals surface area (Å²) >= 11 is 5.93. The molecule has 1 amide bonds. The van der Waals surface area contributed by atoms with Crippen LogP contribution in [0, 0.1) is 15.5 Å². The van der Waals surface area contributed by atoms with Crippen molar-refractivity contribution in [3.8, 4) is 0 Å². The summed E-state index contributed by atoms with van der Waals surface area (Å²) in [6.07, 6.45) is 3.93. The van der Waals surface area contributed by atoms with Crippen LogP contribution in [0.25, 0.3) is 0 Å². The van der Waals surface area contributed by atoms with Gasteiger partial charge < -0.3 is 4.90 Å². The molecule has 1 fully saturated rings. The standard InChI is InChI=1S/C14H18ClN3O3/c1-14(2)4-3-6-17(7-5-14)13(19)11-8-10(18(20)21)9-16-12(11)15/h8-9H,3-7H2,1-2H3. The second kappa shape index (κ2) is 5.97. The number of likely N-dealkylation sites (tertiary alicyclic amines) is 1. The molecule has 0 aromatic carbocycles. The molecule has 2 rings (SSSR count). The first-order valence-corrected chi connectivity index (χ1v) is 7.27. The zero-order valence-corrected chi connectivity index (χ0v) is 12.9. The third-order valence-corrected chi connectivity index (χ3v) is 4.19. The third-order valence-electron chi connectivity index (χ3n) is 3.89. The summed E-state index contributed by atoms with van der Waals surface area (Å²) in [7, 11) is 0. The molecule has 7 heteroatoms. The number of carbonyl (C=O) groups excluding carboxylic acids is 1. The normalized spacial score (nSPS) is 18.1. The summed E-state index contributed by atoms with van der Waals surface area (Å²) in [5.41, 5.74) is 0.0863. The van der Waals surface area contributed by atoms with E-state index in [0.717, 1.165) is 25.5 Å². The van der Waals surface area contributed by atoms with Crippen molar-refractivity contribution in [2.45, 2.75) is 33.1 Å². The van der Waals surface area contributed by atoms with Crippen molar-refractivity contribution in [1.29, 1.82) is 0 Å². The van der Waals surface area contributed by atoms with Crippen LogP contribution in [0.1, 0.15) is 43.5 Å². The number of nitro groups is 1. The molecule has 0 radical (unpaired) electrons. The second-order valence-electron chi connectivity index (χ2n) is 6.10. The van der Waals surface area contributed by atoms with Gasteiger partial charge in [0.15, 0.2) is 0 Å². The molecule has 1 aromatic rings. The third kappa shape index (κ3) is 3.69. The Labute approximate surface area is 128 Å². The van der Waals surface area contributed by atoms with Gasteiger partial charge in [0, 0.05) is 19.2 Å². The van der Waals surface area contributed by atoms with E-state index < -0.39 is 4.92 Å².